The molecule has 1 aliphatic heterocycles. The number of aryl methyl sites for hydroxylation is 2. The van der Waals surface area contributed by atoms with Gasteiger partial charge in [-0.3, -0.25) is 14.6 Å². The fourth-order valence-electron chi connectivity index (χ4n) is 3.88. The molecule has 2 aromatic heterocycles. The number of para-hydroxylation sites is 1. The van der Waals surface area contributed by atoms with Gasteiger partial charge in [-0.15, -0.1) is 0 Å². The van der Waals surface area contributed by atoms with E-state index in [4.69, 9.17) is 17.3 Å². The van der Waals surface area contributed by atoms with Gasteiger partial charge in [0, 0.05) is 38.8 Å². The summed E-state index contributed by atoms with van der Waals surface area (Å²) in [5, 5.41) is 9.96. The van der Waals surface area contributed by atoms with Crippen LogP contribution in [0.3, 0.4) is 0 Å². The highest BCUT2D eigenvalue weighted by Gasteiger charge is 2.28. The van der Waals surface area contributed by atoms with Gasteiger partial charge in [-0.05, 0) is 25.5 Å². The number of aromatic nitrogens is 3. The minimum Gasteiger partial charge on any atom is -0.395 e. The van der Waals surface area contributed by atoms with Gasteiger partial charge in [-0.1, -0.05) is 35.1 Å². The van der Waals surface area contributed by atoms with Crippen LogP contribution in [0.5, 0.6) is 0 Å². The summed E-state index contributed by atoms with van der Waals surface area (Å²) in [6, 6.07) is 7.31. The van der Waals surface area contributed by atoms with E-state index in [-0.39, 0.29) is 12.5 Å². The van der Waals surface area contributed by atoms with E-state index in [9.17, 15) is 9.90 Å². The maximum Gasteiger partial charge on any atom is 0.275 e. The van der Waals surface area contributed by atoms with Crippen molar-refractivity contribution in [2.24, 2.45) is 0 Å². The monoisotopic (exact) mass is 487 g/mol. The van der Waals surface area contributed by atoms with Crippen molar-refractivity contribution in [2.45, 2.75) is 13.8 Å². The Hall–Kier alpha value is -2.79. The topological polar surface area (TPSA) is 112 Å². The molecule has 3 heterocycles. The van der Waals surface area contributed by atoms with E-state index in [2.05, 4.69) is 24.8 Å². The van der Waals surface area contributed by atoms with Crippen LogP contribution in [0.15, 0.2) is 30.5 Å². The molecule has 1 aromatic carbocycles. The number of carbonyl (C=O) groups excluding carboxylic acids is 1. The van der Waals surface area contributed by atoms with Crippen LogP contribution in [0.1, 0.15) is 21.1 Å². The molecule has 4 rings (SSSR count). The molecule has 11 heteroatoms. The van der Waals surface area contributed by atoms with Crippen LogP contribution >= 0.6 is 22.9 Å². The molecule has 174 valence electrons. The van der Waals surface area contributed by atoms with Crippen LogP contribution < -0.4 is 15.5 Å². The molecule has 1 amide bonds. The van der Waals surface area contributed by atoms with Gasteiger partial charge < -0.3 is 15.7 Å². The lowest BCUT2D eigenvalue weighted by Crippen LogP contribution is -2.47. The number of nitrogens with two attached hydrogens (primary N) is 1. The number of aliphatic hydroxyl groups is 1. The Balaban J connectivity index is 1.75. The molecular weight excluding hydrogens is 462 g/mol. The van der Waals surface area contributed by atoms with Crippen molar-refractivity contribution in [3.8, 4) is 0 Å². The molecule has 3 aromatic rings. The number of hydrogen-bond acceptors (Lipinski definition) is 9. The fraction of sp³-hybridized carbons (Fsp3) is 0.364. The van der Waals surface area contributed by atoms with E-state index in [0.29, 0.717) is 38.9 Å². The SMILES string of the molecule is Cc1nc(N2CCN(CCO)CC2)cc(N(C(=O)c2cnc(N)s2)c2c(C)cccc2Cl)n1. The minimum absolute atomic E-state index is 0.146. The average Bonchev–Trinajstić information content (AvgIpc) is 3.22. The summed E-state index contributed by atoms with van der Waals surface area (Å²) in [6.07, 6.45) is 1.47. The van der Waals surface area contributed by atoms with Gasteiger partial charge in [0.05, 0.1) is 23.5 Å². The average molecular weight is 488 g/mol. The lowest BCUT2D eigenvalue weighted by atomic mass is 10.1. The summed E-state index contributed by atoms with van der Waals surface area (Å²) in [4.78, 5) is 33.2. The molecule has 0 atom stereocenters. The summed E-state index contributed by atoms with van der Waals surface area (Å²) in [5.41, 5.74) is 7.19. The van der Waals surface area contributed by atoms with Crippen molar-refractivity contribution >= 4 is 51.3 Å². The van der Waals surface area contributed by atoms with Crippen molar-refractivity contribution in [1.82, 2.24) is 19.9 Å². The Morgan fingerprint density at radius 3 is 2.64 bits per heavy atom. The lowest BCUT2D eigenvalue weighted by Gasteiger charge is -2.35. The van der Waals surface area contributed by atoms with Gasteiger partial charge in [0.2, 0.25) is 0 Å². The number of amides is 1. The van der Waals surface area contributed by atoms with Crippen molar-refractivity contribution in [1.29, 1.82) is 0 Å². The molecule has 1 saturated heterocycles. The number of rotatable bonds is 6. The van der Waals surface area contributed by atoms with Crippen molar-refractivity contribution in [2.75, 3.05) is 54.9 Å². The van der Waals surface area contributed by atoms with Crippen LogP contribution in [0.2, 0.25) is 5.02 Å². The predicted octanol–water partition coefficient (Wildman–Crippen LogP) is 2.88. The van der Waals surface area contributed by atoms with E-state index in [0.717, 1.165) is 48.9 Å². The van der Waals surface area contributed by atoms with Crippen molar-refractivity contribution in [3.05, 3.63) is 51.7 Å². The normalized spacial score (nSPS) is 14.5. The third-order valence-electron chi connectivity index (χ3n) is 5.50. The lowest BCUT2D eigenvalue weighted by molar-refractivity contribution is 0.100. The Labute approximate surface area is 201 Å². The summed E-state index contributed by atoms with van der Waals surface area (Å²) in [7, 11) is 0. The first-order valence-electron chi connectivity index (χ1n) is 10.6. The molecule has 0 bridgehead atoms. The predicted molar refractivity (Wildman–Crippen MR) is 132 cm³/mol. The Morgan fingerprint density at radius 2 is 2.00 bits per heavy atom. The third kappa shape index (κ3) is 5.09. The van der Waals surface area contributed by atoms with Gasteiger partial charge in [0.1, 0.15) is 22.3 Å². The molecule has 0 unspecified atom stereocenters. The minimum atomic E-state index is -0.308. The van der Waals surface area contributed by atoms with Gasteiger partial charge in [0.15, 0.2) is 5.13 Å². The molecular formula is C22H26ClN7O2S. The standard InChI is InChI=1S/C22H26ClN7O2S/c1-14-4-3-5-16(23)20(14)30(21(32)17-13-25-22(24)33-17)19-12-18(26-15(2)27-19)29-8-6-28(7-9-29)10-11-31/h3-5,12-13,31H,6-11H2,1-2H3,(H2,24,25). The first kappa shape index (κ1) is 23.4. The molecule has 9 nitrogen and oxygen atoms in total. The largest absolute Gasteiger partial charge is 0.395 e. The summed E-state index contributed by atoms with van der Waals surface area (Å²) in [5.74, 6) is 1.42. The van der Waals surface area contributed by atoms with E-state index in [1.165, 1.54) is 11.1 Å². The molecule has 1 fully saturated rings. The van der Waals surface area contributed by atoms with Crippen LogP contribution in [0.25, 0.3) is 0 Å². The van der Waals surface area contributed by atoms with E-state index < -0.39 is 0 Å². The second-order valence-corrected chi connectivity index (χ2v) is 9.26. The van der Waals surface area contributed by atoms with Gasteiger partial charge in [-0.2, -0.15) is 0 Å². The third-order valence-corrected chi connectivity index (χ3v) is 6.62. The van der Waals surface area contributed by atoms with Gasteiger partial charge >= 0.3 is 0 Å². The highest BCUT2D eigenvalue weighted by molar-refractivity contribution is 7.17. The fourth-order valence-corrected chi connectivity index (χ4v) is 4.80. The van der Waals surface area contributed by atoms with Crippen molar-refractivity contribution < 1.29 is 9.90 Å². The molecule has 0 spiro atoms. The number of nitrogen functional groups attached to an aromatic ring is 1. The number of aliphatic hydroxyl groups excluding tert-OH is 1. The summed E-state index contributed by atoms with van der Waals surface area (Å²) < 4.78 is 0. The van der Waals surface area contributed by atoms with Crippen molar-refractivity contribution in [3.63, 3.8) is 0 Å². The zero-order valence-corrected chi connectivity index (χ0v) is 20.1. The summed E-state index contributed by atoms with van der Waals surface area (Å²) >= 11 is 7.69. The number of nitrogens with zero attached hydrogens (tertiary/aromatic N) is 6. The number of anilines is 4. The molecule has 0 radical (unpaired) electrons. The zero-order valence-electron chi connectivity index (χ0n) is 18.5. The molecule has 0 saturated carbocycles. The number of thiazole rings is 1. The Kier molecular flexibility index (Phi) is 7.08. The molecule has 1 aliphatic rings. The molecule has 3 N–H and O–H groups in total. The number of benzene rings is 1. The first-order chi connectivity index (χ1) is 15.9. The number of piperazine rings is 1. The zero-order chi connectivity index (χ0) is 23.5. The number of β-amino-alcohol motifs (C(OH)–C–C–N with tert-alkyl or cyclic N) is 1. The second kappa shape index (κ2) is 10.0. The maximum absolute atomic E-state index is 13.7. The first-order valence-corrected chi connectivity index (χ1v) is 11.8. The number of halogens is 1. The quantitative estimate of drug-likeness (QED) is 0.546. The Bertz CT molecular complexity index is 1130. The van der Waals surface area contributed by atoms with Crippen LogP contribution in [0.4, 0.5) is 22.5 Å². The molecule has 33 heavy (non-hydrogen) atoms. The van der Waals surface area contributed by atoms with Gasteiger partial charge in [-0.25, -0.2) is 15.0 Å². The molecule has 0 aliphatic carbocycles. The van der Waals surface area contributed by atoms with E-state index in [1.807, 2.05) is 32.0 Å². The summed E-state index contributed by atoms with van der Waals surface area (Å²) in [6.45, 7) is 7.69. The van der Waals surface area contributed by atoms with E-state index >= 15 is 0 Å². The van der Waals surface area contributed by atoms with Gasteiger partial charge in [0.25, 0.3) is 5.91 Å². The number of carbonyl (C=O) groups is 1. The second-order valence-electron chi connectivity index (χ2n) is 7.79. The highest BCUT2D eigenvalue weighted by Crippen LogP contribution is 2.37. The van der Waals surface area contributed by atoms with Crippen LogP contribution in [0, 0.1) is 13.8 Å². The number of hydrogen-bond donors (Lipinski definition) is 2. The van der Waals surface area contributed by atoms with Crippen LogP contribution in [-0.2, 0) is 0 Å². The van der Waals surface area contributed by atoms with E-state index in [1.54, 1.807) is 6.07 Å². The smallest absolute Gasteiger partial charge is 0.275 e. The van der Waals surface area contributed by atoms with Crippen LogP contribution in [-0.4, -0.2) is 70.2 Å². The highest BCUT2D eigenvalue weighted by atomic mass is 35.5. The Morgan fingerprint density at radius 1 is 1.24 bits per heavy atom. The maximum atomic E-state index is 13.7.